The second-order valence-corrected chi connectivity index (χ2v) is 2.97. The number of carbonyl (C=O) groups excluding carboxylic acids is 1. The maximum atomic E-state index is 11.0. The summed E-state index contributed by atoms with van der Waals surface area (Å²) in [6, 6.07) is -0.662. The van der Waals surface area contributed by atoms with Gasteiger partial charge in [-0.25, -0.2) is 4.79 Å². The first-order valence-electron chi connectivity index (χ1n) is 3.85. The van der Waals surface area contributed by atoms with E-state index >= 15 is 0 Å². The third-order valence-corrected chi connectivity index (χ3v) is 2.27. The fraction of sp³-hybridized carbons (Fsp3) is 0.714. The molecule has 5 nitrogen and oxygen atoms in total. The average molecular weight is 171 g/mol. The molecule has 5 heteroatoms. The van der Waals surface area contributed by atoms with E-state index in [4.69, 9.17) is 9.84 Å². The van der Waals surface area contributed by atoms with Crippen LogP contribution in [0.1, 0.15) is 12.8 Å². The molecule has 2 saturated heterocycles. The highest BCUT2D eigenvalue weighted by atomic mass is 16.5. The van der Waals surface area contributed by atoms with Crippen molar-refractivity contribution in [2.24, 2.45) is 0 Å². The molecule has 0 aromatic heterocycles. The van der Waals surface area contributed by atoms with Gasteiger partial charge in [-0.05, 0) is 0 Å². The van der Waals surface area contributed by atoms with Gasteiger partial charge >= 0.3 is 5.97 Å². The molecule has 0 bridgehead atoms. The van der Waals surface area contributed by atoms with E-state index in [-0.39, 0.29) is 12.1 Å². The van der Waals surface area contributed by atoms with Gasteiger partial charge in [0.05, 0.1) is 13.0 Å². The summed E-state index contributed by atoms with van der Waals surface area (Å²) >= 11 is 0. The Morgan fingerprint density at radius 3 is 2.92 bits per heavy atom. The third kappa shape index (κ3) is 0.896. The zero-order valence-electron chi connectivity index (χ0n) is 6.40. The largest absolute Gasteiger partial charge is 0.480 e. The summed E-state index contributed by atoms with van der Waals surface area (Å²) in [5.41, 5.74) is 0. The SMILES string of the molecule is O=C(O)[C@H]1CCO[C@@H]2CC(=O)N12. The second-order valence-electron chi connectivity index (χ2n) is 2.97. The van der Waals surface area contributed by atoms with Crippen molar-refractivity contribution in [3.63, 3.8) is 0 Å². The van der Waals surface area contributed by atoms with Crippen LogP contribution in [0.3, 0.4) is 0 Å². The molecule has 2 aliphatic heterocycles. The standard InChI is InChI=1S/C7H9NO4/c9-5-3-6-8(5)4(7(10)11)1-2-12-6/h4,6H,1-3H2,(H,10,11)/t4-,6-/m1/s1. The Morgan fingerprint density at radius 2 is 2.42 bits per heavy atom. The molecule has 0 unspecified atom stereocenters. The van der Waals surface area contributed by atoms with Crippen molar-refractivity contribution in [1.29, 1.82) is 0 Å². The summed E-state index contributed by atoms with van der Waals surface area (Å²) in [4.78, 5) is 22.9. The molecule has 0 spiro atoms. The number of carboxylic acids is 1. The lowest BCUT2D eigenvalue weighted by atomic mass is 10.0. The number of hydrogen-bond donors (Lipinski definition) is 1. The topological polar surface area (TPSA) is 66.8 Å². The number of hydrogen-bond acceptors (Lipinski definition) is 3. The van der Waals surface area contributed by atoms with Crippen LogP contribution in [0.5, 0.6) is 0 Å². The van der Waals surface area contributed by atoms with Gasteiger partial charge < -0.3 is 14.7 Å². The van der Waals surface area contributed by atoms with E-state index in [1.807, 2.05) is 0 Å². The maximum absolute atomic E-state index is 11.0. The van der Waals surface area contributed by atoms with Crippen LogP contribution < -0.4 is 0 Å². The Morgan fingerprint density at radius 1 is 1.67 bits per heavy atom. The van der Waals surface area contributed by atoms with Gasteiger partial charge in [0.2, 0.25) is 5.91 Å². The molecule has 12 heavy (non-hydrogen) atoms. The van der Waals surface area contributed by atoms with Crippen molar-refractivity contribution in [1.82, 2.24) is 4.90 Å². The van der Waals surface area contributed by atoms with Crippen LogP contribution in [0.4, 0.5) is 0 Å². The molecule has 0 radical (unpaired) electrons. The van der Waals surface area contributed by atoms with Gasteiger partial charge in [-0.15, -0.1) is 0 Å². The van der Waals surface area contributed by atoms with Crippen molar-refractivity contribution in [3.8, 4) is 0 Å². The quantitative estimate of drug-likeness (QED) is 0.536. The number of carbonyl (C=O) groups is 2. The predicted octanol–water partition coefficient (Wildman–Crippen LogP) is -0.582. The van der Waals surface area contributed by atoms with Gasteiger partial charge in [-0.3, -0.25) is 4.79 Å². The first kappa shape index (κ1) is 7.54. The zero-order chi connectivity index (χ0) is 8.72. The smallest absolute Gasteiger partial charge is 0.326 e. The highest BCUT2D eigenvalue weighted by Gasteiger charge is 2.47. The molecule has 66 valence electrons. The van der Waals surface area contributed by atoms with Crippen molar-refractivity contribution in [3.05, 3.63) is 0 Å². The van der Waals surface area contributed by atoms with E-state index in [1.165, 1.54) is 4.90 Å². The highest BCUT2D eigenvalue weighted by molar-refractivity contribution is 5.88. The molecule has 1 N–H and O–H groups in total. The predicted molar refractivity (Wildman–Crippen MR) is 37.2 cm³/mol. The van der Waals surface area contributed by atoms with Crippen molar-refractivity contribution >= 4 is 11.9 Å². The lowest BCUT2D eigenvalue weighted by molar-refractivity contribution is -0.203. The number of aliphatic carboxylic acids is 1. The Labute approximate surface area is 68.9 Å². The average Bonchev–Trinajstić information content (AvgIpc) is 2.01. The number of fused-ring (bicyclic) bond motifs is 1. The number of amides is 1. The Kier molecular flexibility index (Phi) is 1.54. The minimum absolute atomic E-state index is 0.118. The minimum Gasteiger partial charge on any atom is -0.480 e. The van der Waals surface area contributed by atoms with Gasteiger partial charge in [-0.2, -0.15) is 0 Å². The van der Waals surface area contributed by atoms with E-state index in [0.29, 0.717) is 19.4 Å². The van der Waals surface area contributed by atoms with Gasteiger partial charge in [0.15, 0.2) is 0 Å². The van der Waals surface area contributed by atoms with Crippen LogP contribution in [0.25, 0.3) is 0 Å². The maximum Gasteiger partial charge on any atom is 0.326 e. The molecular weight excluding hydrogens is 162 g/mol. The number of nitrogens with zero attached hydrogens (tertiary/aromatic N) is 1. The molecule has 0 saturated carbocycles. The van der Waals surface area contributed by atoms with Crippen LogP contribution in [-0.2, 0) is 14.3 Å². The van der Waals surface area contributed by atoms with Crippen LogP contribution in [-0.4, -0.2) is 40.8 Å². The molecule has 0 aromatic carbocycles. The van der Waals surface area contributed by atoms with Gasteiger partial charge in [0.25, 0.3) is 0 Å². The van der Waals surface area contributed by atoms with Crippen molar-refractivity contribution in [2.75, 3.05) is 6.61 Å². The van der Waals surface area contributed by atoms with Gasteiger partial charge in [0, 0.05) is 6.42 Å². The summed E-state index contributed by atoms with van der Waals surface area (Å²) in [5.74, 6) is -1.05. The Balaban J connectivity index is 2.12. The Hall–Kier alpha value is -1.10. The molecule has 2 atom stereocenters. The minimum atomic E-state index is -0.934. The van der Waals surface area contributed by atoms with E-state index in [2.05, 4.69) is 0 Å². The number of carboxylic acid groups (broad SMARTS) is 1. The summed E-state index contributed by atoms with van der Waals surface area (Å²) in [6.07, 6.45) is 0.466. The van der Waals surface area contributed by atoms with Crippen LogP contribution in [0.15, 0.2) is 0 Å². The molecule has 2 heterocycles. The lowest BCUT2D eigenvalue weighted by Crippen LogP contribution is -2.63. The normalized spacial score (nSPS) is 34.0. The lowest BCUT2D eigenvalue weighted by Gasteiger charge is -2.46. The summed E-state index contributed by atoms with van der Waals surface area (Å²) < 4.78 is 5.17. The zero-order valence-corrected chi connectivity index (χ0v) is 6.40. The van der Waals surface area contributed by atoms with E-state index < -0.39 is 12.0 Å². The van der Waals surface area contributed by atoms with E-state index in [9.17, 15) is 9.59 Å². The van der Waals surface area contributed by atoms with Crippen molar-refractivity contribution in [2.45, 2.75) is 25.1 Å². The fourth-order valence-corrected chi connectivity index (χ4v) is 1.61. The molecule has 2 fully saturated rings. The fourth-order valence-electron chi connectivity index (χ4n) is 1.61. The summed E-state index contributed by atoms with van der Waals surface area (Å²) in [5, 5.41) is 8.73. The van der Waals surface area contributed by atoms with Crippen LogP contribution >= 0.6 is 0 Å². The second kappa shape index (κ2) is 2.45. The van der Waals surface area contributed by atoms with Crippen molar-refractivity contribution < 1.29 is 19.4 Å². The summed E-state index contributed by atoms with van der Waals surface area (Å²) in [7, 11) is 0. The summed E-state index contributed by atoms with van der Waals surface area (Å²) in [6.45, 7) is 0.436. The molecule has 2 aliphatic rings. The molecule has 0 aromatic rings. The van der Waals surface area contributed by atoms with Gasteiger partial charge in [0.1, 0.15) is 12.3 Å². The van der Waals surface area contributed by atoms with Gasteiger partial charge in [-0.1, -0.05) is 0 Å². The monoisotopic (exact) mass is 171 g/mol. The van der Waals surface area contributed by atoms with E-state index in [1.54, 1.807) is 0 Å². The molecule has 1 amide bonds. The van der Waals surface area contributed by atoms with Crippen LogP contribution in [0.2, 0.25) is 0 Å². The molecule has 2 rings (SSSR count). The van der Waals surface area contributed by atoms with Crippen LogP contribution in [0, 0.1) is 0 Å². The molecule has 0 aliphatic carbocycles. The van der Waals surface area contributed by atoms with E-state index in [0.717, 1.165) is 0 Å². The number of β-lactam (4-membered cyclic amide) rings is 1. The Bertz CT molecular complexity index is 232. The first-order chi connectivity index (χ1) is 5.70. The molecular formula is C7H9NO4. The number of ether oxygens (including phenoxy) is 1. The highest BCUT2D eigenvalue weighted by Crippen LogP contribution is 2.28. The third-order valence-electron chi connectivity index (χ3n) is 2.27. The first-order valence-corrected chi connectivity index (χ1v) is 3.85. The number of rotatable bonds is 1.